The zero-order valence-electron chi connectivity index (χ0n) is 3.32. The van der Waals surface area contributed by atoms with E-state index in [1.54, 1.807) is 0 Å². The van der Waals surface area contributed by atoms with Crippen LogP contribution >= 0.6 is 0 Å². The largest absolute Gasteiger partial charge is 2.00 e. The van der Waals surface area contributed by atoms with Gasteiger partial charge < -0.3 is 2.85 Å². The van der Waals surface area contributed by atoms with Gasteiger partial charge in [0.25, 0.3) is 0 Å². The molecule has 0 rings (SSSR count). The Labute approximate surface area is 79.9 Å². The van der Waals surface area contributed by atoms with Gasteiger partial charge in [-0.25, -0.2) is 0 Å². The first-order valence-corrected chi connectivity index (χ1v) is 0. The van der Waals surface area contributed by atoms with Gasteiger partial charge in [-0.15, -0.1) is 0 Å². The molecule has 0 unspecified atom stereocenters. The normalized spacial score (nSPS) is 0. The molecule has 0 aliphatic rings. The zero-order chi connectivity index (χ0) is 0. The van der Waals surface area contributed by atoms with E-state index in [0.717, 1.165) is 0 Å². The van der Waals surface area contributed by atoms with Crippen LogP contribution in [-0.2, 0) is 37.5 Å². The molecule has 4 heteroatoms. The summed E-state index contributed by atoms with van der Waals surface area (Å²) >= 11 is 0. The first-order valence-electron chi connectivity index (χ1n) is 0. The van der Waals surface area contributed by atoms with E-state index in [2.05, 4.69) is 0 Å². The average Bonchev–Trinajstić information content (AvgIpc) is 0. The van der Waals surface area contributed by atoms with Gasteiger partial charge in [0.2, 0.25) is 0 Å². The predicted molar refractivity (Wildman–Crippen MR) is 17.9 cm³/mol. The molecule has 0 amide bonds. The van der Waals surface area contributed by atoms with Gasteiger partial charge in [0, 0.05) is 37.5 Å². The standard InChI is InChI=1S/Al.Cu.Mg.Pd.5H/q;;+2;;;;;2*-1. The first kappa shape index (κ1) is 31.6. The van der Waals surface area contributed by atoms with Crippen LogP contribution in [0.1, 0.15) is 2.85 Å². The summed E-state index contributed by atoms with van der Waals surface area (Å²) in [5, 5.41) is 0. The van der Waals surface area contributed by atoms with Crippen LogP contribution in [0.4, 0.5) is 0 Å². The summed E-state index contributed by atoms with van der Waals surface area (Å²) in [6, 6.07) is 0. The number of rotatable bonds is 0. The fourth-order valence-electron chi connectivity index (χ4n) is 0. The summed E-state index contributed by atoms with van der Waals surface area (Å²) in [5.41, 5.74) is 0. The Morgan fingerprint density at radius 2 is 1.25 bits per heavy atom. The molecule has 4 heavy (non-hydrogen) atoms. The monoisotopic (exact) mass is 225 g/mol. The second-order valence-electron chi connectivity index (χ2n) is 0. The fourth-order valence-corrected chi connectivity index (χ4v) is 0. The maximum atomic E-state index is 0. The predicted octanol–water partition coefficient (Wildman–Crippen LogP) is -1.34. The van der Waals surface area contributed by atoms with Gasteiger partial charge >= 0.3 is 23.1 Å². The van der Waals surface area contributed by atoms with Crippen molar-refractivity contribution in [2.24, 2.45) is 0 Å². The van der Waals surface area contributed by atoms with Crippen molar-refractivity contribution in [3.05, 3.63) is 0 Å². The fraction of sp³-hybridized carbons (Fsp3) is 0. The van der Waals surface area contributed by atoms with E-state index < -0.39 is 0 Å². The maximum Gasteiger partial charge on any atom is 2.00 e. The number of hydrogen-bond acceptors (Lipinski definition) is 0. The Morgan fingerprint density at radius 1 is 1.25 bits per heavy atom. The van der Waals surface area contributed by atoms with E-state index in [9.17, 15) is 0 Å². The SMILES string of the molecule is [AlH3].[Cu].[H-].[H-].[Mg+2].[Pd]. The Morgan fingerprint density at radius 3 is 1.25 bits per heavy atom. The molecule has 0 saturated carbocycles. The maximum absolute atomic E-state index is 0. The van der Waals surface area contributed by atoms with Crippen LogP contribution in [0, 0.1) is 0 Å². The van der Waals surface area contributed by atoms with Gasteiger partial charge in [0.15, 0.2) is 17.4 Å². The molecular formula is H5AlCuMgPd. The van der Waals surface area contributed by atoms with Crippen LogP contribution in [0.5, 0.6) is 0 Å². The number of hydrogen-bond donors (Lipinski definition) is 0. The summed E-state index contributed by atoms with van der Waals surface area (Å²) in [6.45, 7) is 0. The van der Waals surface area contributed by atoms with E-state index in [-0.39, 0.29) is 80.8 Å². The molecule has 0 atom stereocenters. The van der Waals surface area contributed by atoms with Crippen molar-refractivity contribution in [2.75, 3.05) is 0 Å². The molecule has 0 spiro atoms. The van der Waals surface area contributed by atoms with Gasteiger partial charge in [0.05, 0.1) is 0 Å². The minimum atomic E-state index is 0. The molecule has 0 aliphatic carbocycles. The summed E-state index contributed by atoms with van der Waals surface area (Å²) in [7, 11) is 0. The van der Waals surface area contributed by atoms with Gasteiger partial charge in [-0.3, -0.25) is 0 Å². The van der Waals surface area contributed by atoms with Crippen LogP contribution in [-0.4, -0.2) is 40.4 Å². The minimum Gasteiger partial charge on any atom is -1.00 e. The van der Waals surface area contributed by atoms with Crippen LogP contribution in [0.3, 0.4) is 0 Å². The Kier molecular flexibility index (Phi) is 141. The van der Waals surface area contributed by atoms with E-state index in [1.165, 1.54) is 0 Å². The van der Waals surface area contributed by atoms with E-state index in [0.29, 0.717) is 0 Å². The third kappa shape index (κ3) is 8.82. The van der Waals surface area contributed by atoms with Crippen LogP contribution in [0.25, 0.3) is 0 Å². The zero-order valence-corrected chi connectivity index (χ0v) is 5.24. The van der Waals surface area contributed by atoms with Crippen molar-refractivity contribution in [3.63, 3.8) is 0 Å². The summed E-state index contributed by atoms with van der Waals surface area (Å²) < 4.78 is 0. The van der Waals surface area contributed by atoms with Gasteiger partial charge in [-0.05, 0) is 0 Å². The molecule has 0 aromatic rings. The summed E-state index contributed by atoms with van der Waals surface area (Å²) in [6.07, 6.45) is 0. The third-order valence-corrected chi connectivity index (χ3v) is 0. The molecule has 0 aliphatic heterocycles. The molecule has 0 nitrogen and oxygen atoms in total. The summed E-state index contributed by atoms with van der Waals surface area (Å²) in [5.74, 6) is 0. The van der Waals surface area contributed by atoms with E-state index in [4.69, 9.17) is 0 Å². The van der Waals surface area contributed by atoms with Gasteiger partial charge in [-0.1, -0.05) is 0 Å². The molecule has 0 fully saturated rings. The molecule has 1 radical (unpaired) electrons. The Bertz CT molecular complexity index is 13.5. The molecule has 31 valence electrons. The first-order chi connectivity index (χ1) is 0. The van der Waals surface area contributed by atoms with Gasteiger partial charge in [0.1, 0.15) is 0 Å². The average molecular weight is 226 g/mol. The second kappa shape index (κ2) is 17.9. The third-order valence-electron chi connectivity index (χ3n) is 0. The van der Waals surface area contributed by atoms with Crippen molar-refractivity contribution in [1.82, 2.24) is 0 Å². The quantitative estimate of drug-likeness (QED) is 0.448. The van der Waals surface area contributed by atoms with E-state index >= 15 is 0 Å². The minimum absolute atomic E-state index is 0. The van der Waals surface area contributed by atoms with Gasteiger partial charge in [-0.2, -0.15) is 0 Å². The van der Waals surface area contributed by atoms with Crippen molar-refractivity contribution in [3.8, 4) is 0 Å². The topological polar surface area (TPSA) is 0 Å². The van der Waals surface area contributed by atoms with Crippen molar-refractivity contribution in [1.29, 1.82) is 0 Å². The Balaban J connectivity index is 0. The van der Waals surface area contributed by atoms with Crippen LogP contribution in [0.2, 0.25) is 0 Å². The molecule has 0 aromatic heterocycles. The molecular weight excluding hydrogens is 221 g/mol. The second-order valence-corrected chi connectivity index (χ2v) is 0. The van der Waals surface area contributed by atoms with Crippen LogP contribution < -0.4 is 0 Å². The smallest absolute Gasteiger partial charge is 1.00 e. The van der Waals surface area contributed by atoms with Crippen molar-refractivity contribution in [2.45, 2.75) is 0 Å². The molecule has 0 heterocycles. The Hall–Kier alpha value is 2.48. The van der Waals surface area contributed by atoms with Crippen LogP contribution in [0.15, 0.2) is 0 Å². The van der Waals surface area contributed by atoms with Crippen molar-refractivity contribution >= 4 is 40.4 Å². The van der Waals surface area contributed by atoms with E-state index in [1.807, 2.05) is 0 Å². The molecule has 0 saturated heterocycles. The summed E-state index contributed by atoms with van der Waals surface area (Å²) in [4.78, 5) is 0. The molecule has 0 aromatic carbocycles. The molecule has 0 N–H and O–H groups in total. The van der Waals surface area contributed by atoms with Crippen molar-refractivity contribution < 1.29 is 40.3 Å². The molecule has 0 bridgehead atoms.